The lowest BCUT2D eigenvalue weighted by molar-refractivity contribution is -0.119. The summed E-state index contributed by atoms with van der Waals surface area (Å²) in [5, 5.41) is 7.90. The van der Waals surface area contributed by atoms with Crippen molar-refractivity contribution in [1.29, 1.82) is 0 Å². The summed E-state index contributed by atoms with van der Waals surface area (Å²) in [4.78, 5) is 31.2. The Morgan fingerprint density at radius 2 is 2.22 bits per heavy atom. The van der Waals surface area contributed by atoms with Crippen molar-refractivity contribution in [2.75, 3.05) is 25.0 Å². The molecule has 146 valence electrons. The summed E-state index contributed by atoms with van der Waals surface area (Å²) in [7, 11) is 1.80. The Balaban J connectivity index is 1.57. The predicted molar refractivity (Wildman–Crippen MR) is 109 cm³/mol. The minimum absolute atomic E-state index is 0.0415. The van der Waals surface area contributed by atoms with Crippen LogP contribution in [0.5, 0.6) is 0 Å². The van der Waals surface area contributed by atoms with Gasteiger partial charge in [-0.25, -0.2) is 4.98 Å². The Hall–Kier alpha value is -2.22. The molecule has 0 radical (unpaired) electrons. The molecule has 2 heterocycles. The van der Waals surface area contributed by atoms with Gasteiger partial charge in [0.2, 0.25) is 16.0 Å². The Bertz CT molecular complexity index is 886. The maximum Gasteiger partial charge on any atom is 0.275 e. The molecule has 0 spiro atoms. The van der Waals surface area contributed by atoms with Crippen LogP contribution in [0, 0.1) is 0 Å². The van der Waals surface area contributed by atoms with Gasteiger partial charge in [-0.3, -0.25) is 9.59 Å². The molecule has 0 saturated heterocycles. The number of allylic oxidation sites excluding steroid dienone is 1. The van der Waals surface area contributed by atoms with E-state index < -0.39 is 0 Å². The molecule has 0 bridgehead atoms. The Labute approximate surface area is 163 Å². The van der Waals surface area contributed by atoms with E-state index in [1.165, 1.54) is 40.3 Å². The van der Waals surface area contributed by atoms with Gasteiger partial charge in [-0.05, 0) is 38.5 Å². The lowest BCUT2D eigenvalue weighted by Gasteiger charge is -2.16. The van der Waals surface area contributed by atoms with Crippen LogP contribution in [0.3, 0.4) is 0 Å². The first kappa shape index (κ1) is 19.5. The van der Waals surface area contributed by atoms with Crippen LogP contribution in [0.25, 0.3) is 4.96 Å². The SMILES string of the molecule is CCCc1cc(=O)n2nc(N(C)CC(=O)NCCC3=CCCCC3)sc2n1. The second kappa shape index (κ2) is 9.12. The van der Waals surface area contributed by atoms with Crippen molar-refractivity contribution < 1.29 is 4.79 Å². The first-order valence-electron chi connectivity index (χ1n) is 9.62. The van der Waals surface area contributed by atoms with E-state index >= 15 is 0 Å². The van der Waals surface area contributed by atoms with Crippen LogP contribution in [0.2, 0.25) is 0 Å². The number of fused-ring (bicyclic) bond motifs is 1. The molecule has 2 aromatic heterocycles. The standard InChI is InChI=1S/C19H27N5O2S/c1-3-7-15-12-17(26)24-18(21-15)27-19(22-24)23(2)13-16(25)20-11-10-14-8-5-4-6-9-14/h8,12H,3-7,9-11,13H2,1-2H3,(H,20,25). The molecule has 3 rings (SSSR count). The lowest BCUT2D eigenvalue weighted by atomic mass is 9.97. The zero-order valence-corrected chi connectivity index (χ0v) is 16.8. The summed E-state index contributed by atoms with van der Waals surface area (Å²) in [6.45, 7) is 2.92. The third kappa shape index (κ3) is 5.15. The van der Waals surface area contributed by atoms with Crippen molar-refractivity contribution >= 4 is 27.3 Å². The Morgan fingerprint density at radius 1 is 1.37 bits per heavy atom. The van der Waals surface area contributed by atoms with Crippen molar-refractivity contribution in [3.05, 3.63) is 33.8 Å². The van der Waals surface area contributed by atoms with Crippen LogP contribution in [0.4, 0.5) is 5.13 Å². The molecular formula is C19H27N5O2S. The summed E-state index contributed by atoms with van der Waals surface area (Å²) in [6, 6.07) is 1.53. The monoisotopic (exact) mass is 389 g/mol. The number of carbonyl (C=O) groups is 1. The van der Waals surface area contributed by atoms with Crippen LogP contribution in [0.1, 0.15) is 51.1 Å². The van der Waals surface area contributed by atoms with E-state index in [1.807, 2.05) is 0 Å². The molecule has 0 unspecified atom stereocenters. The van der Waals surface area contributed by atoms with E-state index in [-0.39, 0.29) is 18.0 Å². The number of aromatic nitrogens is 3. The lowest BCUT2D eigenvalue weighted by Crippen LogP contribution is -2.35. The number of hydrogen-bond donors (Lipinski definition) is 1. The zero-order chi connectivity index (χ0) is 19.2. The van der Waals surface area contributed by atoms with Gasteiger partial charge in [0.1, 0.15) is 0 Å². The summed E-state index contributed by atoms with van der Waals surface area (Å²) in [5.41, 5.74) is 2.06. The molecule has 1 aliphatic rings. The molecule has 0 aliphatic heterocycles. The topological polar surface area (TPSA) is 79.6 Å². The molecule has 0 fully saturated rings. The molecule has 1 N–H and O–H groups in total. The smallest absolute Gasteiger partial charge is 0.275 e. The fourth-order valence-electron chi connectivity index (χ4n) is 3.22. The Morgan fingerprint density at radius 3 is 2.96 bits per heavy atom. The number of hydrogen-bond acceptors (Lipinski definition) is 6. The van der Waals surface area contributed by atoms with Gasteiger partial charge in [0.15, 0.2) is 0 Å². The van der Waals surface area contributed by atoms with Crippen LogP contribution in [0.15, 0.2) is 22.5 Å². The molecule has 0 atom stereocenters. The van der Waals surface area contributed by atoms with E-state index in [0.717, 1.165) is 37.8 Å². The number of nitrogens with zero attached hydrogens (tertiary/aromatic N) is 4. The predicted octanol–water partition coefficient (Wildman–Crippen LogP) is 2.55. The number of amides is 1. The number of rotatable bonds is 8. The molecule has 27 heavy (non-hydrogen) atoms. The highest BCUT2D eigenvalue weighted by Gasteiger charge is 2.14. The number of aryl methyl sites for hydroxylation is 1. The third-order valence-corrected chi connectivity index (χ3v) is 5.68. The molecule has 1 aliphatic carbocycles. The molecule has 0 aromatic carbocycles. The normalized spacial score (nSPS) is 14.2. The summed E-state index contributed by atoms with van der Waals surface area (Å²) >= 11 is 1.33. The van der Waals surface area contributed by atoms with Gasteiger partial charge in [0, 0.05) is 25.4 Å². The molecule has 2 aromatic rings. The number of nitrogens with one attached hydrogen (secondary N) is 1. The van der Waals surface area contributed by atoms with E-state index in [1.54, 1.807) is 11.9 Å². The summed E-state index contributed by atoms with van der Waals surface area (Å²) < 4.78 is 1.31. The van der Waals surface area contributed by atoms with E-state index in [2.05, 4.69) is 28.4 Å². The van der Waals surface area contributed by atoms with Gasteiger partial charge >= 0.3 is 0 Å². The summed E-state index contributed by atoms with van der Waals surface area (Å²) in [6.07, 6.45) is 9.80. The van der Waals surface area contributed by atoms with Crippen molar-refractivity contribution in [3.8, 4) is 0 Å². The average molecular weight is 390 g/mol. The van der Waals surface area contributed by atoms with Gasteiger partial charge in [0.25, 0.3) is 5.56 Å². The molecule has 8 heteroatoms. The molecule has 7 nitrogen and oxygen atoms in total. The maximum absolute atomic E-state index is 12.2. The molecule has 1 amide bonds. The third-order valence-electron chi connectivity index (χ3n) is 4.65. The van der Waals surface area contributed by atoms with E-state index in [4.69, 9.17) is 0 Å². The van der Waals surface area contributed by atoms with Crippen molar-refractivity contribution in [2.45, 2.75) is 51.9 Å². The van der Waals surface area contributed by atoms with Crippen LogP contribution >= 0.6 is 11.3 Å². The zero-order valence-electron chi connectivity index (χ0n) is 16.0. The van der Waals surface area contributed by atoms with E-state index in [0.29, 0.717) is 16.6 Å². The largest absolute Gasteiger partial charge is 0.354 e. The minimum Gasteiger partial charge on any atom is -0.354 e. The number of likely N-dealkylation sites (N-methyl/N-ethyl adjacent to an activating group) is 1. The van der Waals surface area contributed by atoms with Crippen molar-refractivity contribution in [1.82, 2.24) is 19.9 Å². The van der Waals surface area contributed by atoms with Gasteiger partial charge in [-0.1, -0.05) is 36.3 Å². The summed E-state index contributed by atoms with van der Waals surface area (Å²) in [5.74, 6) is -0.0415. The highest BCUT2D eigenvalue weighted by atomic mass is 32.1. The van der Waals surface area contributed by atoms with Crippen LogP contribution in [-0.4, -0.2) is 40.6 Å². The van der Waals surface area contributed by atoms with Crippen molar-refractivity contribution in [3.63, 3.8) is 0 Å². The Kier molecular flexibility index (Phi) is 6.60. The first-order valence-corrected chi connectivity index (χ1v) is 10.4. The average Bonchev–Trinajstić information content (AvgIpc) is 3.08. The second-order valence-electron chi connectivity index (χ2n) is 6.98. The fraction of sp³-hybridized carbons (Fsp3) is 0.579. The van der Waals surface area contributed by atoms with E-state index in [9.17, 15) is 9.59 Å². The number of anilines is 1. The molecular weight excluding hydrogens is 362 g/mol. The highest BCUT2D eigenvalue weighted by Crippen LogP contribution is 2.21. The van der Waals surface area contributed by atoms with Gasteiger partial charge in [-0.2, -0.15) is 4.52 Å². The van der Waals surface area contributed by atoms with Crippen LogP contribution in [-0.2, 0) is 11.2 Å². The highest BCUT2D eigenvalue weighted by molar-refractivity contribution is 7.20. The fourth-order valence-corrected chi connectivity index (χ4v) is 4.10. The first-order chi connectivity index (χ1) is 13.1. The quantitative estimate of drug-likeness (QED) is 0.702. The van der Waals surface area contributed by atoms with Gasteiger partial charge < -0.3 is 10.2 Å². The van der Waals surface area contributed by atoms with Crippen LogP contribution < -0.4 is 15.8 Å². The second-order valence-corrected chi connectivity index (χ2v) is 7.91. The van der Waals surface area contributed by atoms with Crippen molar-refractivity contribution in [2.24, 2.45) is 0 Å². The maximum atomic E-state index is 12.2. The number of carbonyl (C=O) groups excluding carboxylic acids is 1. The van der Waals surface area contributed by atoms with Gasteiger partial charge in [0.05, 0.1) is 6.54 Å². The minimum atomic E-state index is -0.176. The molecule has 0 saturated carbocycles. The van der Waals surface area contributed by atoms with Gasteiger partial charge in [-0.15, -0.1) is 5.10 Å².